The minimum Gasteiger partial charge on any atom is -0.497 e. The number of ether oxygens (including phenoxy) is 2. The Kier molecular flexibility index (Phi) is 5.30. The van der Waals surface area contributed by atoms with Crippen molar-refractivity contribution in [3.63, 3.8) is 0 Å². The van der Waals surface area contributed by atoms with Gasteiger partial charge in [0, 0.05) is 28.5 Å². The molecule has 8 nitrogen and oxygen atoms in total. The second kappa shape index (κ2) is 8.20. The fraction of sp³-hybridized carbons (Fsp3) is 0.182. The molecule has 4 rings (SSSR count). The Labute approximate surface area is 170 Å². The highest BCUT2D eigenvalue weighted by Crippen LogP contribution is 2.23. The van der Waals surface area contributed by atoms with Crippen LogP contribution in [0.4, 0.5) is 0 Å². The van der Waals surface area contributed by atoms with Crippen molar-refractivity contribution < 1.29 is 18.7 Å². The monoisotopic (exact) mass is 406 g/mol. The van der Waals surface area contributed by atoms with Crippen molar-refractivity contribution in [2.24, 2.45) is 0 Å². The van der Waals surface area contributed by atoms with Crippen LogP contribution in [0.25, 0.3) is 21.9 Å². The van der Waals surface area contributed by atoms with Crippen LogP contribution >= 0.6 is 0 Å². The van der Waals surface area contributed by atoms with E-state index in [2.05, 4.69) is 5.10 Å². The van der Waals surface area contributed by atoms with Crippen molar-refractivity contribution >= 4 is 27.8 Å². The SMILES string of the molecule is COc1ccc2c(COC(=O)CCn3ncc(=O)c4ccccc43)cc(=O)oc2c1. The third-order valence-electron chi connectivity index (χ3n) is 4.72. The number of carbonyl (C=O) groups is 1. The van der Waals surface area contributed by atoms with Gasteiger partial charge in [-0.15, -0.1) is 0 Å². The average Bonchev–Trinajstić information content (AvgIpc) is 2.76. The molecular formula is C22H18N2O6. The van der Waals surface area contributed by atoms with E-state index in [1.165, 1.54) is 19.4 Å². The van der Waals surface area contributed by atoms with E-state index < -0.39 is 11.6 Å². The summed E-state index contributed by atoms with van der Waals surface area (Å²) < 4.78 is 17.3. The molecule has 2 aromatic heterocycles. The van der Waals surface area contributed by atoms with E-state index in [9.17, 15) is 14.4 Å². The average molecular weight is 406 g/mol. The van der Waals surface area contributed by atoms with Gasteiger partial charge in [-0.2, -0.15) is 5.10 Å². The molecule has 8 heteroatoms. The molecule has 0 spiro atoms. The first-order valence-corrected chi connectivity index (χ1v) is 9.26. The molecule has 0 fully saturated rings. The molecule has 0 saturated carbocycles. The quantitative estimate of drug-likeness (QED) is 0.358. The van der Waals surface area contributed by atoms with Crippen molar-refractivity contribution in [2.75, 3.05) is 7.11 Å². The predicted octanol–water partition coefficient (Wildman–Crippen LogP) is 2.65. The summed E-state index contributed by atoms with van der Waals surface area (Å²) in [5.74, 6) is 0.107. The van der Waals surface area contributed by atoms with Crippen LogP contribution in [0.1, 0.15) is 12.0 Å². The summed E-state index contributed by atoms with van der Waals surface area (Å²) in [6, 6.07) is 13.5. The standard InChI is InChI=1S/C22H18N2O6/c1-28-15-6-7-16-14(10-22(27)30-20(16)11-15)13-29-21(26)8-9-24-18-5-3-2-4-17(18)19(25)12-23-24/h2-7,10-12H,8-9,13H2,1H3. The van der Waals surface area contributed by atoms with Crippen LogP contribution < -0.4 is 15.8 Å². The zero-order chi connectivity index (χ0) is 21.1. The van der Waals surface area contributed by atoms with Gasteiger partial charge in [0.15, 0.2) is 0 Å². The van der Waals surface area contributed by atoms with E-state index in [0.717, 1.165) is 0 Å². The van der Waals surface area contributed by atoms with Gasteiger partial charge < -0.3 is 13.9 Å². The second-order valence-electron chi connectivity index (χ2n) is 6.61. The van der Waals surface area contributed by atoms with Crippen LogP contribution in [0, 0.1) is 0 Å². The second-order valence-corrected chi connectivity index (χ2v) is 6.61. The van der Waals surface area contributed by atoms with Crippen LogP contribution in [-0.4, -0.2) is 22.9 Å². The highest BCUT2D eigenvalue weighted by atomic mass is 16.5. The smallest absolute Gasteiger partial charge is 0.336 e. The molecule has 2 heterocycles. The van der Waals surface area contributed by atoms with Gasteiger partial charge in [-0.25, -0.2) is 4.79 Å². The summed E-state index contributed by atoms with van der Waals surface area (Å²) in [7, 11) is 1.52. The molecule has 152 valence electrons. The summed E-state index contributed by atoms with van der Waals surface area (Å²) in [5.41, 5.74) is 0.848. The number of para-hydroxylation sites is 1. The summed E-state index contributed by atoms with van der Waals surface area (Å²) in [5, 5.41) is 5.30. The fourth-order valence-electron chi connectivity index (χ4n) is 3.22. The van der Waals surface area contributed by atoms with E-state index in [1.54, 1.807) is 47.1 Å². The van der Waals surface area contributed by atoms with E-state index in [4.69, 9.17) is 13.9 Å². The van der Waals surface area contributed by atoms with Crippen LogP contribution in [0.5, 0.6) is 5.75 Å². The van der Waals surface area contributed by atoms with E-state index in [-0.39, 0.29) is 25.0 Å². The molecule has 0 aliphatic rings. The van der Waals surface area contributed by atoms with Crippen molar-refractivity contribution in [1.82, 2.24) is 9.78 Å². The highest BCUT2D eigenvalue weighted by Gasteiger charge is 2.11. The summed E-state index contributed by atoms with van der Waals surface area (Å²) in [4.78, 5) is 36.0. The molecule has 0 N–H and O–H groups in total. The van der Waals surface area contributed by atoms with Gasteiger partial charge in [-0.1, -0.05) is 12.1 Å². The Morgan fingerprint density at radius 3 is 2.77 bits per heavy atom. The van der Waals surface area contributed by atoms with Crippen molar-refractivity contribution in [1.29, 1.82) is 0 Å². The van der Waals surface area contributed by atoms with Gasteiger partial charge in [0.05, 0.1) is 31.8 Å². The number of aromatic nitrogens is 2. The van der Waals surface area contributed by atoms with Gasteiger partial charge in [-0.05, 0) is 24.3 Å². The number of hydrogen-bond acceptors (Lipinski definition) is 7. The van der Waals surface area contributed by atoms with Crippen LogP contribution in [-0.2, 0) is 22.7 Å². The predicted molar refractivity (Wildman–Crippen MR) is 109 cm³/mol. The van der Waals surface area contributed by atoms with E-state index in [1.807, 2.05) is 0 Å². The third-order valence-corrected chi connectivity index (χ3v) is 4.72. The summed E-state index contributed by atoms with van der Waals surface area (Å²) in [6.45, 7) is 0.195. The number of hydrogen-bond donors (Lipinski definition) is 0. The number of fused-ring (bicyclic) bond motifs is 2. The van der Waals surface area contributed by atoms with Crippen LogP contribution in [0.3, 0.4) is 0 Å². The van der Waals surface area contributed by atoms with Crippen LogP contribution in [0.15, 0.2) is 68.7 Å². The number of rotatable bonds is 6. The van der Waals surface area contributed by atoms with Crippen molar-refractivity contribution in [3.05, 3.63) is 80.9 Å². The van der Waals surface area contributed by atoms with Gasteiger partial charge in [0.25, 0.3) is 0 Å². The Morgan fingerprint density at radius 2 is 1.93 bits per heavy atom. The number of nitrogens with zero attached hydrogens (tertiary/aromatic N) is 2. The van der Waals surface area contributed by atoms with Crippen molar-refractivity contribution in [2.45, 2.75) is 19.6 Å². The Morgan fingerprint density at radius 1 is 1.10 bits per heavy atom. The molecule has 30 heavy (non-hydrogen) atoms. The maximum atomic E-state index is 12.3. The highest BCUT2D eigenvalue weighted by molar-refractivity contribution is 5.82. The molecule has 0 saturated heterocycles. The first kappa shape index (κ1) is 19.4. The molecule has 0 aliphatic carbocycles. The molecule has 0 bridgehead atoms. The minimum atomic E-state index is -0.536. The number of esters is 1. The lowest BCUT2D eigenvalue weighted by Gasteiger charge is -2.10. The molecule has 0 atom stereocenters. The zero-order valence-electron chi connectivity index (χ0n) is 16.2. The Balaban J connectivity index is 1.47. The molecule has 0 aliphatic heterocycles. The molecule has 4 aromatic rings. The van der Waals surface area contributed by atoms with E-state index in [0.29, 0.717) is 33.2 Å². The minimum absolute atomic E-state index is 0.0626. The summed E-state index contributed by atoms with van der Waals surface area (Å²) >= 11 is 0. The van der Waals surface area contributed by atoms with Gasteiger partial charge in [0.2, 0.25) is 5.43 Å². The maximum Gasteiger partial charge on any atom is 0.336 e. The van der Waals surface area contributed by atoms with Crippen molar-refractivity contribution in [3.8, 4) is 5.75 Å². The van der Waals surface area contributed by atoms with Gasteiger partial charge >= 0.3 is 11.6 Å². The molecule has 0 amide bonds. The van der Waals surface area contributed by atoms with Gasteiger partial charge in [-0.3, -0.25) is 14.3 Å². The molecule has 0 radical (unpaired) electrons. The number of carbonyl (C=O) groups excluding carboxylic acids is 1. The number of aryl methyl sites for hydroxylation is 1. The zero-order valence-corrected chi connectivity index (χ0v) is 16.2. The van der Waals surface area contributed by atoms with E-state index >= 15 is 0 Å². The number of methoxy groups -OCH3 is 1. The van der Waals surface area contributed by atoms with Gasteiger partial charge in [0.1, 0.15) is 17.9 Å². The summed E-state index contributed by atoms with van der Waals surface area (Å²) in [6.07, 6.45) is 1.30. The van der Waals surface area contributed by atoms with Crippen LogP contribution in [0.2, 0.25) is 0 Å². The maximum absolute atomic E-state index is 12.3. The first-order chi connectivity index (χ1) is 14.5. The topological polar surface area (TPSA) is 101 Å². The number of benzene rings is 2. The largest absolute Gasteiger partial charge is 0.497 e. The first-order valence-electron chi connectivity index (χ1n) is 9.26. The lowest BCUT2D eigenvalue weighted by Crippen LogP contribution is -2.15. The Bertz CT molecular complexity index is 1360. The Hall–Kier alpha value is -3.94. The third kappa shape index (κ3) is 3.93. The fourth-order valence-corrected chi connectivity index (χ4v) is 3.22. The normalized spacial score (nSPS) is 11.0. The molecular weight excluding hydrogens is 388 g/mol. The lowest BCUT2D eigenvalue weighted by molar-refractivity contribution is -0.145. The molecule has 2 aromatic carbocycles. The lowest BCUT2D eigenvalue weighted by atomic mass is 10.1. The molecule has 0 unspecified atom stereocenters.